The van der Waals surface area contributed by atoms with E-state index in [0.717, 1.165) is 32.1 Å². The SMILES string of the molecule is CC(C)(C)OC(=O)[C@H](C1CCCCC1)[C@@H](N)C(=O)O. The molecule has 0 aromatic heterocycles. The standard InChI is InChI=1S/C14H25NO4/c1-14(2,3)19-13(18)10(11(15)12(16)17)9-7-5-4-6-8-9/h9-11H,4-8,15H2,1-3H3,(H,16,17)/t10-,11-/m1/s1. The molecule has 110 valence electrons. The molecule has 1 fully saturated rings. The fourth-order valence-corrected chi connectivity index (χ4v) is 2.65. The van der Waals surface area contributed by atoms with Gasteiger partial charge in [-0.15, -0.1) is 0 Å². The van der Waals surface area contributed by atoms with Crippen LogP contribution in [0.3, 0.4) is 0 Å². The highest BCUT2D eigenvalue weighted by Gasteiger charge is 2.40. The molecule has 1 saturated carbocycles. The number of carboxylic acid groups (broad SMARTS) is 1. The Morgan fingerprint density at radius 2 is 1.74 bits per heavy atom. The van der Waals surface area contributed by atoms with E-state index in [0.29, 0.717) is 0 Å². The minimum atomic E-state index is -1.18. The van der Waals surface area contributed by atoms with E-state index in [2.05, 4.69) is 0 Å². The second-order valence-corrected chi connectivity index (χ2v) is 6.32. The fraction of sp³-hybridized carbons (Fsp3) is 0.857. The number of carbonyl (C=O) groups is 2. The van der Waals surface area contributed by atoms with Crippen molar-refractivity contribution in [3.05, 3.63) is 0 Å². The lowest BCUT2D eigenvalue weighted by molar-refractivity contribution is -0.167. The lowest BCUT2D eigenvalue weighted by Crippen LogP contribution is -2.48. The largest absolute Gasteiger partial charge is 0.480 e. The summed E-state index contributed by atoms with van der Waals surface area (Å²) in [7, 11) is 0. The predicted octanol–water partition coefficient (Wildman–Crippen LogP) is 1.94. The molecule has 0 aromatic rings. The highest BCUT2D eigenvalue weighted by molar-refractivity contribution is 5.83. The Hall–Kier alpha value is -1.10. The molecule has 0 spiro atoms. The smallest absolute Gasteiger partial charge is 0.321 e. The quantitative estimate of drug-likeness (QED) is 0.763. The molecule has 0 aromatic carbocycles. The third kappa shape index (κ3) is 4.82. The Labute approximate surface area is 114 Å². The zero-order valence-electron chi connectivity index (χ0n) is 12.0. The summed E-state index contributed by atoms with van der Waals surface area (Å²) in [6.07, 6.45) is 4.89. The minimum absolute atomic E-state index is 0.0229. The maximum Gasteiger partial charge on any atom is 0.321 e. The lowest BCUT2D eigenvalue weighted by Gasteiger charge is -2.33. The van der Waals surface area contributed by atoms with Crippen LogP contribution in [0.2, 0.25) is 0 Å². The number of esters is 1. The molecule has 0 aliphatic heterocycles. The zero-order chi connectivity index (χ0) is 14.6. The summed E-state index contributed by atoms with van der Waals surface area (Å²) in [5.74, 6) is -2.33. The maximum absolute atomic E-state index is 12.2. The Bertz CT molecular complexity index is 329. The average Bonchev–Trinajstić information content (AvgIpc) is 2.28. The molecule has 19 heavy (non-hydrogen) atoms. The van der Waals surface area contributed by atoms with Crippen molar-refractivity contribution in [2.45, 2.75) is 64.5 Å². The molecule has 1 aliphatic carbocycles. The molecule has 1 rings (SSSR count). The summed E-state index contributed by atoms with van der Waals surface area (Å²) in [6, 6.07) is -1.18. The maximum atomic E-state index is 12.2. The van der Waals surface area contributed by atoms with Crippen LogP contribution in [0.25, 0.3) is 0 Å². The first-order valence-electron chi connectivity index (χ1n) is 6.93. The molecule has 5 nitrogen and oxygen atoms in total. The van der Waals surface area contributed by atoms with E-state index in [1.165, 1.54) is 0 Å². The van der Waals surface area contributed by atoms with Gasteiger partial charge in [0.15, 0.2) is 0 Å². The van der Waals surface area contributed by atoms with Crippen LogP contribution in [-0.2, 0) is 14.3 Å². The number of nitrogens with two attached hydrogens (primary N) is 1. The van der Waals surface area contributed by atoms with Gasteiger partial charge in [-0.25, -0.2) is 0 Å². The van der Waals surface area contributed by atoms with Crippen molar-refractivity contribution in [2.24, 2.45) is 17.6 Å². The van der Waals surface area contributed by atoms with Crippen molar-refractivity contribution >= 4 is 11.9 Å². The van der Waals surface area contributed by atoms with Crippen LogP contribution >= 0.6 is 0 Å². The third-order valence-electron chi connectivity index (χ3n) is 3.51. The van der Waals surface area contributed by atoms with Crippen molar-refractivity contribution in [3.8, 4) is 0 Å². The number of carboxylic acids is 1. The van der Waals surface area contributed by atoms with E-state index in [9.17, 15) is 9.59 Å². The zero-order valence-corrected chi connectivity index (χ0v) is 12.0. The molecule has 0 unspecified atom stereocenters. The van der Waals surface area contributed by atoms with Crippen LogP contribution in [-0.4, -0.2) is 28.7 Å². The highest BCUT2D eigenvalue weighted by Crippen LogP contribution is 2.33. The number of hydrogen-bond donors (Lipinski definition) is 2. The monoisotopic (exact) mass is 271 g/mol. The van der Waals surface area contributed by atoms with Crippen molar-refractivity contribution < 1.29 is 19.4 Å². The number of ether oxygens (including phenoxy) is 1. The van der Waals surface area contributed by atoms with Crippen molar-refractivity contribution in [1.82, 2.24) is 0 Å². The molecule has 0 bridgehead atoms. The van der Waals surface area contributed by atoms with E-state index >= 15 is 0 Å². The van der Waals surface area contributed by atoms with Gasteiger partial charge in [0.1, 0.15) is 11.6 Å². The number of hydrogen-bond acceptors (Lipinski definition) is 4. The average molecular weight is 271 g/mol. The highest BCUT2D eigenvalue weighted by atomic mass is 16.6. The predicted molar refractivity (Wildman–Crippen MR) is 71.5 cm³/mol. The van der Waals surface area contributed by atoms with Gasteiger partial charge in [0.2, 0.25) is 0 Å². The van der Waals surface area contributed by atoms with Crippen molar-refractivity contribution in [3.63, 3.8) is 0 Å². The van der Waals surface area contributed by atoms with E-state index in [1.807, 2.05) is 0 Å². The number of carbonyl (C=O) groups excluding carboxylic acids is 1. The molecule has 2 atom stereocenters. The Balaban J connectivity index is 2.84. The van der Waals surface area contributed by atoms with Crippen molar-refractivity contribution in [1.29, 1.82) is 0 Å². The Kier molecular flexibility index (Phi) is 5.35. The van der Waals surface area contributed by atoms with Crippen LogP contribution in [0.4, 0.5) is 0 Å². The first-order chi connectivity index (χ1) is 8.72. The molecule has 0 amide bonds. The first kappa shape index (κ1) is 16.0. The second-order valence-electron chi connectivity index (χ2n) is 6.32. The summed E-state index contributed by atoms with van der Waals surface area (Å²) in [5.41, 5.74) is 5.09. The van der Waals surface area contributed by atoms with Crippen LogP contribution in [0, 0.1) is 11.8 Å². The molecule has 1 aliphatic rings. The number of aliphatic carboxylic acids is 1. The van der Waals surface area contributed by atoms with Gasteiger partial charge in [0.25, 0.3) is 0 Å². The molecule has 0 radical (unpaired) electrons. The molecule has 0 saturated heterocycles. The normalized spacial score (nSPS) is 20.6. The molecule has 3 N–H and O–H groups in total. The Morgan fingerprint density at radius 1 is 1.21 bits per heavy atom. The summed E-state index contributed by atoms with van der Waals surface area (Å²) >= 11 is 0. The minimum Gasteiger partial charge on any atom is -0.480 e. The van der Waals surface area contributed by atoms with Gasteiger partial charge >= 0.3 is 11.9 Å². The van der Waals surface area contributed by atoms with E-state index in [4.69, 9.17) is 15.6 Å². The van der Waals surface area contributed by atoms with Gasteiger partial charge in [-0.1, -0.05) is 19.3 Å². The van der Waals surface area contributed by atoms with Gasteiger partial charge < -0.3 is 15.6 Å². The summed E-state index contributed by atoms with van der Waals surface area (Å²) in [4.78, 5) is 23.4. The van der Waals surface area contributed by atoms with Gasteiger partial charge in [0, 0.05) is 0 Å². The molecule has 0 heterocycles. The van der Waals surface area contributed by atoms with Crippen molar-refractivity contribution in [2.75, 3.05) is 0 Å². The van der Waals surface area contributed by atoms with Crippen LogP contribution in [0.15, 0.2) is 0 Å². The molecule has 5 heteroatoms. The van der Waals surface area contributed by atoms with E-state index in [-0.39, 0.29) is 5.92 Å². The van der Waals surface area contributed by atoms with Crippen LogP contribution in [0.5, 0.6) is 0 Å². The van der Waals surface area contributed by atoms with Gasteiger partial charge in [-0.2, -0.15) is 0 Å². The number of rotatable bonds is 4. The summed E-state index contributed by atoms with van der Waals surface area (Å²) in [6.45, 7) is 5.32. The molecular formula is C14H25NO4. The first-order valence-corrected chi connectivity index (χ1v) is 6.93. The van der Waals surface area contributed by atoms with Gasteiger partial charge in [-0.3, -0.25) is 9.59 Å². The van der Waals surface area contributed by atoms with Crippen LogP contribution in [0.1, 0.15) is 52.9 Å². The second kappa shape index (κ2) is 6.37. The van der Waals surface area contributed by atoms with E-state index < -0.39 is 29.5 Å². The van der Waals surface area contributed by atoms with E-state index in [1.54, 1.807) is 20.8 Å². The summed E-state index contributed by atoms with van der Waals surface area (Å²) < 4.78 is 5.34. The topological polar surface area (TPSA) is 89.6 Å². The Morgan fingerprint density at radius 3 is 2.16 bits per heavy atom. The fourth-order valence-electron chi connectivity index (χ4n) is 2.65. The molecular weight excluding hydrogens is 246 g/mol. The van der Waals surface area contributed by atoms with Crippen LogP contribution < -0.4 is 5.73 Å². The van der Waals surface area contributed by atoms with Gasteiger partial charge in [-0.05, 0) is 39.5 Å². The van der Waals surface area contributed by atoms with Gasteiger partial charge in [0.05, 0.1) is 5.92 Å². The summed E-state index contributed by atoms with van der Waals surface area (Å²) in [5, 5.41) is 9.10. The lowest BCUT2D eigenvalue weighted by atomic mass is 9.76. The third-order valence-corrected chi connectivity index (χ3v) is 3.51.